The van der Waals surface area contributed by atoms with Crippen LogP contribution in [0, 0.1) is 12.3 Å². The summed E-state index contributed by atoms with van der Waals surface area (Å²) in [6.45, 7) is 4.19. The Morgan fingerprint density at radius 3 is 3.00 bits per heavy atom. The summed E-state index contributed by atoms with van der Waals surface area (Å²) >= 11 is 0. The van der Waals surface area contributed by atoms with E-state index in [0.29, 0.717) is 24.6 Å². The van der Waals surface area contributed by atoms with Crippen molar-refractivity contribution >= 4 is 10.0 Å². The highest BCUT2D eigenvalue weighted by molar-refractivity contribution is 7.89. The second-order valence-electron chi connectivity index (χ2n) is 6.70. The fraction of sp³-hybridized carbons (Fsp3) is 0.647. The number of hydrogen-bond acceptors (Lipinski definition) is 4. The lowest BCUT2D eigenvalue weighted by Gasteiger charge is -2.49. The van der Waals surface area contributed by atoms with Gasteiger partial charge in [0.15, 0.2) is 0 Å². The topological polar surface area (TPSA) is 55.8 Å². The van der Waals surface area contributed by atoms with Crippen molar-refractivity contribution in [1.29, 1.82) is 0 Å². The zero-order valence-electron chi connectivity index (χ0n) is 13.8. The first-order valence-corrected chi connectivity index (χ1v) is 9.59. The lowest BCUT2D eigenvalue weighted by molar-refractivity contribution is -0.137. The third-order valence-electron chi connectivity index (χ3n) is 5.01. The number of fused-ring (bicyclic) bond motifs is 1. The van der Waals surface area contributed by atoms with E-state index in [1.54, 1.807) is 29.6 Å². The van der Waals surface area contributed by atoms with Crippen LogP contribution in [0.15, 0.2) is 29.2 Å². The molecule has 6 heteroatoms. The monoisotopic (exact) mass is 339 g/mol. The van der Waals surface area contributed by atoms with Crippen molar-refractivity contribution < 1.29 is 17.9 Å². The molecule has 2 heterocycles. The largest absolute Gasteiger partial charge is 0.384 e. The maximum atomic E-state index is 13.0. The Morgan fingerprint density at radius 1 is 1.43 bits per heavy atom. The fourth-order valence-corrected chi connectivity index (χ4v) is 5.53. The van der Waals surface area contributed by atoms with E-state index >= 15 is 0 Å². The van der Waals surface area contributed by atoms with E-state index in [1.165, 1.54) is 0 Å². The van der Waals surface area contributed by atoms with Crippen LogP contribution >= 0.6 is 0 Å². The van der Waals surface area contributed by atoms with Crippen LogP contribution in [0.25, 0.3) is 0 Å². The highest BCUT2D eigenvalue weighted by Crippen LogP contribution is 2.41. The summed E-state index contributed by atoms with van der Waals surface area (Å²) in [6.07, 6.45) is 2.73. The second kappa shape index (κ2) is 6.51. The van der Waals surface area contributed by atoms with Crippen molar-refractivity contribution in [3.05, 3.63) is 29.8 Å². The fourth-order valence-electron chi connectivity index (χ4n) is 3.88. The van der Waals surface area contributed by atoms with Crippen molar-refractivity contribution in [2.24, 2.45) is 5.41 Å². The van der Waals surface area contributed by atoms with Gasteiger partial charge in [-0.25, -0.2) is 8.42 Å². The zero-order valence-corrected chi connectivity index (χ0v) is 14.6. The summed E-state index contributed by atoms with van der Waals surface area (Å²) in [4.78, 5) is 0.375. The van der Waals surface area contributed by atoms with Crippen molar-refractivity contribution in [1.82, 2.24) is 4.31 Å². The van der Waals surface area contributed by atoms with Crippen LogP contribution in [0.3, 0.4) is 0 Å². The molecular formula is C17H25NO4S. The molecule has 0 spiro atoms. The minimum absolute atomic E-state index is 0.0974. The smallest absolute Gasteiger partial charge is 0.243 e. The molecule has 23 heavy (non-hydrogen) atoms. The van der Waals surface area contributed by atoms with E-state index in [0.717, 1.165) is 31.4 Å². The van der Waals surface area contributed by atoms with Gasteiger partial charge in [-0.2, -0.15) is 4.31 Å². The maximum absolute atomic E-state index is 13.0. The maximum Gasteiger partial charge on any atom is 0.243 e. The lowest BCUT2D eigenvalue weighted by Crippen LogP contribution is -2.57. The van der Waals surface area contributed by atoms with Crippen LogP contribution < -0.4 is 0 Å². The number of aryl methyl sites for hydroxylation is 1. The van der Waals surface area contributed by atoms with Crippen LogP contribution in [-0.4, -0.2) is 52.2 Å². The zero-order chi connectivity index (χ0) is 16.5. The Kier molecular flexibility index (Phi) is 4.78. The van der Waals surface area contributed by atoms with Gasteiger partial charge in [-0.1, -0.05) is 12.1 Å². The number of nitrogens with zero attached hydrogens (tertiary/aromatic N) is 1. The molecule has 5 nitrogen and oxygen atoms in total. The molecule has 1 aromatic carbocycles. The van der Waals surface area contributed by atoms with Gasteiger partial charge in [0.05, 0.1) is 17.6 Å². The van der Waals surface area contributed by atoms with Crippen LogP contribution in [0.2, 0.25) is 0 Å². The molecule has 2 aliphatic rings. The van der Waals surface area contributed by atoms with Crippen LogP contribution in [0.1, 0.15) is 24.8 Å². The molecule has 0 bridgehead atoms. The molecule has 2 saturated heterocycles. The van der Waals surface area contributed by atoms with Crippen LogP contribution in [0.5, 0.6) is 0 Å². The van der Waals surface area contributed by atoms with E-state index in [9.17, 15) is 8.42 Å². The molecule has 2 atom stereocenters. The Balaban J connectivity index is 1.89. The van der Waals surface area contributed by atoms with Crippen molar-refractivity contribution in [3.63, 3.8) is 0 Å². The van der Waals surface area contributed by atoms with Gasteiger partial charge < -0.3 is 9.47 Å². The van der Waals surface area contributed by atoms with E-state index < -0.39 is 10.0 Å². The Morgan fingerprint density at radius 2 is 2.26 bits per heavy atom. The van der Waals surface area contributed by atoms with Gasteiger partial charge in [0.2, 0.25) is 10.0 Å². The number of piperidine rings is 1. The van der Waals surface area contributed by atoms with Gasteiger partial charge in [-0.15, -0.1) is 0 Å². The predicted molar refractivity (Wildman–Crippen MR) is 87.8 cm³/mol. The van der Waals surface area contributed by atoms with Gasteiger partial charge in [-0.3, -0.25) is 0 Å². The number of methoxy groups -OCH3 is 1. The highest BCUT2D eigenvalue weighted by atomic mass is 32.2. The van der Waals surface area contributed by atoms with Crippen molar-refractivity contribution in [2.75, 3.05) is 33.4 Å². The second-order valence-corrected chi connectivity index (χ2v) is 8.64. The molecule has 128 valence electrons. The van der Waals surface area contributed by atoms with Crippen molar-refractivity contribution in [3.8, 4) is 0 Å². The van der Waals surface area contributed by atoms with E-state index in [4.69, 9.17) is 9.47 Å². The highest BCUT2D eigenvalue weighted by Gasteiger charge is 2.48. The summed E-state index contributed by atoms with van der Waals surface area (Å²) in [7, 11) is -1.79. The van der Waals surface area contributed by atoms with E-state index in [-0.39, 0.29) is 11.5 Å². The van der Waals surface area contributed by atoms with Gasteiger partial charge in [-0.05, 0) is 43.9 Å². The molecule has 1 aromatic rings. The Bertz CT molecular complexity index is 656. The molecule has 2 fully saturated rings. The minimum Gasteiger partial charge on any atom is -0.384 e. The summed E-state index contributed by atoms with van der Waals surface area (Å²) in [5.41, 5.74) is 0.732. The SMILES string of the molecule is COC[C@@]12CCCO[C@H]1CCN(S(=O)(=O)c1cccc(C)c1)C2. The normalized spacial score (nSPS) is 29.2. The summed E-state index contributed by atoms with van der Waals surface area (Å²) in [5, 5.41) is 0. The first kappa shape index (κ1) is 16.9. The third-order valence-corrected chi connectivity index (χ3v) is 6.85. The van der Waals surface area contributed by atoms with E-state index in [2.05, 4.69) is 0 Å². The van der Waals surface area contributed by atoms with Crippen molar-refractivity contribution in [2.45, 2.75) is 37.2 Å². The first-order chi connectivity index (χ1) is 11.0. The van der Waals surface area contributed by atoms with Gasteiger partial charge in [0, 0.05) is 32.2 Å². The standard InChI is InChI=1S/C17H25NO4S/c1-14-5-3-6-15(11-14)23(19,20)18-9-7-16-17(12-18,13-21-2)8-4-10-22-16/h3,5-6,11,16H,4,7-10,12-13H2,1-2H3/t16-,17-/m0/s1. The van der Waals surface area contributed by atoms with Crippen LogP contribution in [-0.2, 0) is 19.5 Å². The molecule has 0 aliphatic carbocycles. The number of rotatable bonds is 4. The van der Waals surface area contributed by atoms with Gasteiger partial charge in [0.25, 0.3) is 0 Å². The molecule has 0 aromatic heterocycles. The minimum atomic E-state index is -3.47. The number of ether oxygens (including phenoxy) is 2. The molecule has 3 rings (SSSR count). The average Bonchev–Trinajstić information content (AvgIpc) is 2.54. The van der Waals surface area contributed by atoms with E-state index in [1.807, 2.05) is 13.0 Å². The molecule has 0 radical (unpaired) electrons. The molecule has 0 unspecified atom stereocenters. The number of sulfonamides is 1. The average molecular weight is 339 g/mol. The summed E-state index contributed by atoms with van der Waals surface area (Å²) in [6, 6.07) is 7.12. The molecular weight excluding hydrogens is 314 g/mol. The summed E-state index contributed by atoms with van der Waals surface area (Å²) in [5.74, 6) is 0. The quantitative estimate of drug-likeness (QED) is 0.844. The molecule has 0 saturated carbocycles. The Hall–Kier alpha value is -0.950. The number of hydrogen-bond donors (Lipinski definition) is 0. The molecule has 0 amide bonds. The van der Waals surface area contributed by atoms with Crippen LogP contribution in [0.4, 0.5) is 0 Å². The predicted octanol–water partition coefficient (Wildman–Crippen LogP) is 2.20. The third kappa shape index (κ3) is 3.18. The molecule has 2 aliphatic heterocycles. The van der Waals surface area contributed by atoms with Gasteiger partial charge in [0.1, 0.15) is 0 Å². The molecule has 0 N–H and O–H groups in total. The Labute approximate surface area is 138 Å². The lowest BCUT2D eigenvalue weighted by atomic mass is 9.73. The van der Waals surface area contributed by atoms with Gasteiger partial charge >= 0.3 is 0 Å². The summed E-state index contributed by atoms with van der Waals surface area (Å²) < 4.78 is 39.0. The first-order valence-electron chi connectivity index (χ1n) is 8.15. The number of benzene rings is 1.